The third kappa shape index (κ3) is 2.88. The Morgan fingerprint density at radius 3 is 2.71 bits per heavy atom. The molecule has 1 unspecified atom stereocenters. The Bertz CT molecular complexity index is 756. The summed E-state index contributed by atoms with van der Waals surface area (Å²) in [5.41, 5.74) is 9.01. The SMILES string of the molecule is NCC(C(=O)Nc1cccc2n[se]nc12)c1ccccc1. The number of benzene rings is 2. The van der Waals surface area contributed by atoms with Crippen molar-refractivity contribution in [3.8, 4) is 0 Å². The second-order valence-electron chi connectivity index (χ2n) is 4.63. The predicted octanol–water partition coefficient (Wildman–Crippen LogP) is 1.37. The quantitative estimate of drug-likeness (QED) is 0.700. The third-order valence-electron chi connectivity index (χ3n) is 3.30. The van der Waals surface area contributed by atoms with Gasteiger partial charge in [0.05, 0.1) is 0 Å². The van der Waals surface area contributed by atoms with E-state index in [2.05, 4.69) is 13.3 Å². The number of fused-ring (bicyclic) bond motifs is 1. The summed E-state index contributed by atoms with van der Waals surface area (Å²) in [6.45, 7) is 0.260. The summed E-state index contributed by atoms with van der Waals surface area (Å²) in [6, 6.07) is 15.2. The van der Waals surface area contributed by atoms with Gasteiger partial charge in [0, 0.05) is 0 Å². The average Bonchev–Trinajstić information content (AvgIpc) is 2.99. The number of nitrogens with one attached hydrogen (secondary N) is 1. The van der Waals surface area contributed by atoms with Crippen molar-refractivity contribution in [1.82, 2.24) is 7.96 Å². The molecule has 0 saturated heterocycles. The number of carbonyl (C=O) groups excluding carboxylic acids is 1. The van der Waals surface area contributed by atoms with E-state index >= 15 is 0 Å². The number of hydrogen-bond acceptors (Lipinski definition) is 4. The molecule has 0 fully saturated rings. The molecule has 0 radical (unpaired) electrons. The van der Waals surface area contributed by atoms with Crippen LogP contribution in [0.2, 0.25) is 0 Å². The Kier molecular flexibility index (Phi) is 4.10. The Hall–Kier alpha value is -2.01. The van der Waals surface area contributed by atoms with Crippen LogP contribution in [0.3, 0.4) is 0 Å². The molecule has 0 bridgehead atoms. The normalized spacial score (nSPS) is 12.2. The molecule has 3 rings (SSSR count). The Balaban J connectivity index is 1.87. The molecule has 21 heavy (non-hydrogen) atoms. The van der Waals surface area contributed by atoms with Crippen LogP contribution in [0, 0.1) is 0 Å². The van der Waals surface area contributed by atoms with Crippen LogP contribution in [-0.2, 0) is 4.79 Å². The first-order chi connectivity index (χ1) is 10.3. The Morgan fingerprint density at radius 2 is 1.95 bits per heavy atom. The fourth-order valence-electron chi connectivity index (χ4n) is 2.21. The van der Waals surface area contributed by atoms with Crippen LogP contribution in [0.4, 0.5) is 5.69 Å². The van der Waals surface area contributed by atoms with Crippen molar-refractivity contribution >= 4 is 37.6 Å². The standard InChI is InChI=1S/C15H14N4OSe/c16-9-11(10-5-2-1-3-6-10)15(20)17-12-7-4-8-13-14(12)19-21-18-13/h1-8,11H,9,16H2,(H,17,20). The third-order valence-corrected chi connectivity index (χ3v) is 4.44. The predicted molar refractivity (Wildman–Crippen MR) is 83.3 cm³/mol. The van der Waals surface area contributed by atoms with Gasteiger partial charge in [-0.3, -0.25) is 0 Å². The van der Waals surface area contributed by atoms with Gasteiger partial charge >= 0.3 is 128 Å². The molecule has 0 spiro atoms. The molecule has 5 nitrogen and oxygen atoms in total. The minimum atomic E-state index is -0.370. The first kappa shape index (κ1) is 13.9. The van der Waals surface area contributed by atoms with E-state index < -0.39 is 0 Å². The molecule has 3 N–H and O–H groups in total. The van der Waals surface area contributed by atoms with E-state index in [4.69, 9.17) is 5.73 Å². The first-order valence-corrected chi connectivity index (χ1v) is 8.10. The maximum absolute atomic E-state index is 12.5. The molecule has 1 heterocycles. The summed E-state index contributed by atoms with van der Waals surface area (Å²) < 4.78 is 8.67. The summed E-state index contributed by atoms with van der Waals surface area (Å²) in [5.74, 6) is -0.488. The van der Waals surface area contributed by atoms with Gasteiger partial charge in [-0.05, 0) is 0 Å². The van der Waals surface area contributed by atoms with Crippen molar-refractivity contribution in [2.45, 2.75) is 5.92 Å². The van der Waals surface area contributed by atoms with Gasteiger partial charge < -0.3 is 0 Å². The van der Waals surface area contributed by atoms with Gasteiger partial charge in [0.25, 0.3) is 0 Å². The second-order valence-corrected chi connectivity index (χ2v) is 5.73. The molecule has 1 amide bonds. The molecule has 1 atom stereocenters. The Morgan fingerprint density at radius 1 is 1.14 bits per heavy atom. The van der Waals surface area contributed by atoms with Gasteiger partial charge in [-0.15, -0.1) is 0 Å². The van der Waals surface area contributed by atoms with Crippen molar-refractivity contribution in [2.24, 2.45) is 5.73 Å². The van der Waals surface area contributed by atoms with Crippen LogP contribution in [0.15, 0.2) is 48.5 Å². The molecule has 0 aliphatic rings. The number of amides is 1. The molecule has 0 aliphatic carbocycles. The van der Waals surface area contributed by atoms with E-state index in [0.717, 1.165) is 16.6 Å². The minimum absolute atomic E-state index is 0.115. The van der Waals surface area contributed by atoms with Crippen LogP contribution in [-0.4, -0.2) is 35.4 Å². The fourth-order valence-corrected chi connectivity index (χ4v) is 3.36. The number of hydrogen-bond donors (Lipinski definition) is 2. The topological polar surface area (TPSA) is 80.9 Å². The molecule has 1 aromatic heterocycles. The zero-order valence-corrected chi connectivity index (χ0v) is 12.9. The van der Waals surface area contributed by atoms with Crippen LogP contribution < -0.4 is 11.1 Å². The van der Waals surface area contributed by atoms with Crippen molar-refractivity contribution in [3.63, 3.8) is 0 Å². The van der Waals surface area contributed by atoms with Gasteiger partial charge in [-0.1, -0.05) is 0 Å². The molecule has 0 aliphatic heterocycles. The Labute approximate surface area is 128 Å². The van der Waals surface area contributed by atoms with Gasteiger partial charge in [-0.25, -0.2) is 0 Å². The number of nitrogens with zero attached hydrogens (tertiary/aromatic N) is 2. The van der Waals surface area contributed by atoms with E-state index in [1.807, 2.05) is 48.5 Å². The molecule has 2 aromatic carbocycles. The van der Waals surface area contributed by atoms with E-state index in [0.29, 0.717) is 5.69 Å². The van der Waals surface area contributed by atoms with Crippen LogP contribution in [0.5, 0.6) is 0 Å². The fraction of sp³-hybridized carbons (Fsp3) is 0.133. The molecule has 0 saturated carbocycles. The van der Waals surface area contributed by atoms with Crippen molar-refractivity contribution in [2.75, 3.05) is 11.9 Å². The maximum atomic E-state index is 12.5. The average molecular weight is 345 g/mol. The van der Waals surface area contributed by atoms with E-state index in [-0.39, 0.29) is 33.3 Å². The number of rotatable bonds is 4. The van der Waals surface area contributed by atoms with Crippen LogP contribution >= 0.6 is 0 Å². The van der Waals surface area contributed by atoms with Crippen LogP contribution in [0.25, 0.3) is 11.0 Å². The molecular formula is C15H14N4OSe. The monoisotopic (exact) mass is 346 g/mol. The molecule has 106 valence electrons. The zero-order valence-electron chi connectivity index (χ0n) is 11.2. The number of carbonyl (C=O) groups is 1. The van der Waals surface area contributed by atoms with Crippen molar-refractivity contribution in [3.05, 3.63) is 54.1 Å². The molecule has 6 heteroatoms. The van der Waals surface area contributed by atoms with Gasteiger partial charge in [0.15, 0.2) is 0 Å². The first-order valence-electron chi connectivity index (χ1n) is 6.57. The van der Waals surface area contributed by atoms with E-state index in [1.165, 1.54) is 0 Å². The van der Waals surface area contributed by atoms with E-state index in [9.17, 15) is 4.79 Å². The van der Waals surface area contributed by atoms with E-state index in [1.54, 1.807) is 0 Å². The molecule has 3 aromatic rings. The van der Waals surface area contributed by atoms with Crippen LogP contribution in [0.1, 0.15) is 11.5 Å². The molecular weight excluding hydrogens is 331 g/mol. The summed E-state index contributed by atoms with van der Waals surface area (Å²) in [7, 11) is 0. The van der Waals surface area contributed by atoms with Gasteiger partial charge in [-0.2, -0.15) is 0 Å². The summed E-state index contributed by atoms with van der Waals surface area (Å²) >= 11 is -0.115. The van der Waals surface area contributed by atoms with Crippen molar-refractivity contribution < 1.29 is 4.79 Å². The van der Waals surface area contributed by atoms with Gasteiger partial charge in [0.1, 0.15) is 0 Å². The zero-order chi connectivity index (χ0) is 14.7. The second kappa shape index (κ2) is 6.18. The number of nitrogens with two attached hydrogens (primary N) is 1. The number of anilines is 1. The van der Waals surface area contributed by atoms with Gasteiger partial charge in [0.2, 0.25) is 0 Å². The summed E-state index contributed by atoms with van der Waals surface area (Å²) in [5, 5.41) is 2.93. The summed E-state index contributed by atoms with van der Waals surface area (Å²) in [4.78, 5) is 12.5. The van der Waals surface area contributed by atoms with Crippen molar-refractivity contribution in [1.29, 1.82) is 0 Å². The number of aromatic nitrogens is 2. The summed E-state index contributed by atoms with van der Waals surface area (Å²) in [6.07, 6.45) is 0.